The summed E-state index contributed by atoms with van der Waals surface area (Å²) < 4.78 is 0. The van der Waals surface area contributed by atoms with E-state index >= 15 is 0 Å². The van der Waals surface area contributed by atoms with Crippen LogP contribution in [0.5, 0.6) is 0 Å². The molecule has 0 heterocycles. The molecular weight excluding hydrogens is 506 g/mol. The summed E-state index contributed by atoms with van der Waals surface area (Å²) in [6, 6.07) is -0.362. The first kappa shape index (κ1) is 40.4. The third-order valence-corrected chi connectivity index (χ3v) is 4.58. The van der Waals surface area contributed by atoms with Crippen molar-refractivity contribution in [2.75, 3.05) is 86.6 Å². The molecule has 0 bridgehead atoms. The smallest absolute Gasteiger partial charge is 0.314 e. The minimum absolute atomic E-state index is 0.0459. The number of carbonyl (C=O) groups is 5. The van der Waals surface area contributed by atoms with E-state index in [9.17, 15) is 24.0 Å². The summed E-state index contributed by atoms with van der Waals surface area (Å²) in [5.41, 5.74) is 0. The summed E-state index contributed by atoms with van der Waals surface area (Å²) >= 11 is 0. The number of carbonyl (C=O) groups excluding carboxylic acids is 5. The molecule has 14 nitrogen and oxygen atoms in total. The number of hydrogen-bond acceptors (Lipinski definition) is 7. The van der Waals surface area contributed by atoms with Gasteiger partial charge in [-0.3, -0.25) is 14.4 Å². The maximum Gasteiger partial charge on any atom is 0.314 e. The Kier molecular flexibility index (Phi) is 30.5. The van der Waals surface area contributed by atoms with Crippen LogP contribution in [0.2, 0.25) is 0 Å². The molecule has 7 amide bonds. The van der Waals surface area contributed by atoms with E-state index in [1.54, 1.807) is 0 Å². The zero-order valence-corrected chi connectivity index (χ0v) is 25.4. The van der Waals surface area contributed by atoms with Gasteiger partial charge in [-0.2, -0.15) is 0 Å². The van der Waals surface area contributed by atoms with Gasteiger partial charge in [0, 0.05) is 79.7 Å². The predicted octanol–water partition coefficient (Wildman–Crippen LogP) is -0.721. The van der Waals surface area contributed by atoms with E-state index < -0.39 is 0 Å². The first-order valence-corrected chi connectivity index (χ1v) is 13.5. The molecule has 0 atom stereocenters. The molecule has 230 valence electrons. The van der Waals surface area contributed by atoms with E-state index in [2.05, 4.69) is 49.0 Å². The number of nitrogens with one attached hydrogen (secondary N) is 7. The highest BCUT2D eigenvalue weighted by molar-refractivity contribution is 5.75. The van der Waals surface area contributed by atoms with Gasteiger partial charge in [0.2, 0.25) is 17.7 Å². The lowest BCUT2D eigenvalue weighted by Crippen LogP contribution is -2.42. The van der Waals surface area contributed by atoms with E-state index in [1.807, 2.05) is 33.0 Å². The van der Waals surface area contributed by atoms with Gasteiger partial charge in [-0.25, -0.2) is 9.59 Å². The van der Waals surface area contributed by atoms with Crippen molar-refractivity contribution < 1.29 is 24.0 Å². The minimum Gasteiger partial charge on any atom is -0.356 e. The fourth-order valence-electron chi connectivity index (χ4n) is 2.31. The van der Waals surface area contributed by atoms with Crippen molar-refractivity contribution in [3.63, 3.8) is 0 Å². The molecule has 0 aromatic carbocycles. The van der Waals surface area contributed by atoms with Crippen LogP contribution >= 0.6 is 0 Å². The highest BCUT2D eigenvalue weighted by atomic mass is 16.2. The number of rotatable bonds is 16. The fraction of sp³-hybridized carbons (Fsp3) is 0.800. The summed E-state index contributed by atoms with van der Waals surface area (Å²) in [6.07, 6.45) is 1.75. The Bertz CT molecular complexity index is 664. The maximum absolute atomic E-state index is 11.2. The van der Waals surface area contributed by atoms with Gasteiger partial charge in [0.1, 0.15) is 0 Å². The Morgan fingerprint density at radius 1 is 0.513 bits per heavy atom. The Hall–Kier alpha value is -3.13. The van der Waals surface area contributed by atoms with Crippen molar-refractivity contribution in [2.24, 2.45) is 0 Å². The Morgan fingerprint density at radius 3 is 1.33 bits per heavy atom. The van der Waals surface area contributed by atoms with Gasteiger partial charge in [0.05, 0.1) is 0 Å². The zero-order chi connectivity index (χ0) is 30.5. The van der Waals surface area contributed by atoms with Crippen molar-refractivity contribution in [3.8, 4) is 0 Å². The van der Waals surface area contributed by atoms with Crippen LogP contribution in [0.4, 0.5) is 9.59 Å². The average Bonchev–Trinajstić information content (AvgIpc) is 2.85. The van der Waals surface area contributed by atoms with E-state index in [4.69, 9.17) is 0 Å². The van der Waals surface area contributed by atoms with Crippen LogP contribution in [0, 0.1) is 0 Å². The lowest BCUT2D eigenvalue weighted by molar-refractivity contribution is -0.119. The molecule has 7 N–H and O–H groups in total. The third-order valence-electron chi connectivity index (χ3n) is 4.58. The van der Waals surface area contributed by atoms with Crippen molar-refractivity contribution in [3.05, 3.63) is 0 Å². The monoisotopic (exact) mass is 561 g/mol. The number of amides is 7. The largest absolute Gasteiger partial charge is 0.356 e. The molecule has 0 saturated heterocycles. The quantitative estimate of drug-likeness (QED) is 0.122. The van der Waals surface area contributed by atoms with Crippen molar-refractivity contribution in [2.45, 2.75) is 47.5 Å². The summed E-state index contributed by atoms with van der Waals surface area (Å²) in [6.45, 7) is 15.2. The van der Waals surface area contributed by atoms with Gasteiger partial charge in [-0.15, -0.1) is 0 Å². The van der Waals surface area contributed by atoms with Gasteiger partial charge in [0.25, 0.3) is 0 Å². The molecule has 39 heavy (non-hydrogen) atoms. The molecule has 0 aromatic heterocycles. The van der Waals surface area contributed by atoms with Gasteiger partial charge >= 0.3 is 12.1 Å². The van der Waals surface area contributed by atoms with Crippen molar-refractivity contribution in [1.82, 2.24) is 47.0 Å². The van der Waals surface area contributed by atoms with Crippen molar-refractivity contribution in [1.29, 1.82) is 0 Å². The SMILES string of the molecule is CC(=O)NCCCNC(=O)NCCN(C)C.CCCNC(C)=O.CCN(C)CCNC(=O)NCCNC(C)=O. The average molecular weight is 562 g/mol. The summed E-state index contributed by atoms with van der Waals surface area (Å²) in [5, 5.41) is 18.7. The molecule has 0 aliphatic heterocycles. The first-order chi connectivity index (χ1) is 18.3. The molecule has 0 saturated carbocycles. The van der Waals surface area contributed by atoms with Crippen LogP contribution in [0.25, 0.3) is 0 Å². The van der Waals surface area contributed by atoms with E-state index in [-0.39, 0.29) is 29.8 Å². The van der Waals surface area contributed by atoms with Crippen LogP contribution in [-0.2, 0) is 14.4 Å². The molecule has 0 radical (unpaired) electrons. The van der Waals surface area contributed by atoms with E-state index in [0.717, 1.165) is 39.0 Å². The van der Waals surface area contributed by atoms with Gasteiger partial charge in [0.15, 0.2) is 0 Å². The molecular formula is C25H55N9O5. The minimum atomic E-state index is -0.199. The fourth-order valence-corrected chi connectivity index (χ4v) is 2.31. The standard InChI is InChI=1S/2C10H22N4O2.C5H11NO/c1-9(15)11-5-4-6-12-10(16)13-7-8-14(2)3;1-4-14(3)8-7-13-10(16)12-6-5-11-9(2)15;1-3-4-6-5(2)7/h2*4-8H2,1-3H3,(H,11,15)(H2,12,13,16);3-4H2,1-2H3,(H,6,7). The normalized spacial score (nSPS) is 9.69. The summed E-state index contributed by atoms with van der Waals surface area (Å²) in [5.74, 6) is -0.0796. The molecule has 0 aliphatic carbocycles. The van der Waals surface area contributed by atoms with Gasteiger partial charge < -0.3 is 47.0 Å². The van der Waals surface area contributed by atoms with Crippen LogP contribution in [-0.4, -0.2) is 126 Å². The van der Waals surface area contributed by atoms with E-state index in [0.29, 0.717) is 39.3 Å². The molecule has 0 unspecified atom stereocenters. The second-order valence-electron chi connectivity index (χ2n) is 8.87. The number of likely N-dealkylation sites (N-methyl/N-ethyl adjacent to an activating group) is 2. The highest BCUT2D eigenvalue weighted by Gasteiger charge is 2.00. The van der Waals surface area contributed by atoms with Crippen LogP contribution in [0.15, 0.2) is 0 Å². The Balaban J connectivity index is -0.000000537. The molecule has 0 aromatic rings. The molecule has 0 fully saturated rings. The predicted molar refractivity (Wildman–Crippen MR) is 155 cm³/mol. The molecule has 14 heteroatoms. The lowest BCUT2D eigenvalue weighted by Gasteiger charge is -2.14. The molecule has 0 rings (SSSR count). The van der Waals surface area contributed by atoms with Crippen molar-refractivity contribution >= 4 is 29.8 Å². The first-order valence-electron chi connectivity index (χ1n) is 13.5. The third kappa shape index (κ3) is 42.2. The van der Waals surface area contributed by atoms with E-state index in [1.165, 1.54) is 20.8 Å². The van der Waals surface area contributed by atoms with Gasteiger partial charge in [-0.05, 0) is 40.5 Å². The zero-order valence-electron chi connectivity index (χ0n) is 25.4. The second-order valence-corrected chi connectivity index (χ2v) is 8.87. The summed E-state index contributed by atoms with van der Waals surface area (Å²) in [4.78, 5) is 57.6. The lowest BCUT2D eigenvalue weighted by atomic mass is 10.4. The topological polar surface area (TPSA) is 176 Å². The molecule has 0 spiro atoms. The second kappa shape index (κ2) is 29.4. The van der Waals surface area contributed by atoms with Crippen LogP contribution < -0.4 is 37.2 Å². The molecule has 0 aliphatic rings. The Morgan fingerprint density at radius 2 is 0.897 bits per heavy atom. The van der Waals surface area contributed by atoms with Gasteiger partial charge in [-0.1, -0.05) is 13.8 Å². The van der Waals surface area contributed by atoms with Crippen LogP contribution in [0.3, 0.4) is 0 Å². The van der Waals surface area contributed by atoms with Crippen LogP contribution in [0.1, 0.15) is 47.5 Å². The maximum atomic E-state index is 11.2. The highest BCUT2D eigenvalue weighted by Crippen LogP contribution is 1.78. The number of nitrogens with zero attached hydrogens (tertiary/aromatic N) is 2. The number of hydrogen-bond donors (Lipinski definition) is 7. The number of urea groups is 2. The summed E-state index contributed by atoms with van der Waals surface area (Å²) in [7, 11) is 5.90. The Labute approximate surface area is 235 Å².